The number of aromatic hydroxyl groups is 1. The average molecular weight is 427 g/mol. The van der Waals surface area contributed by atoms with E-state index < -0.39 is 0 Å². The number of nitrogens with zero attached hydrogens (tertiary/aromatic N) is 2. The highest BCUT2D eigenvalue weighted by Crippen LogP contribution is 2.31. The number of aromatic nitrogens is 1. The van der Waals surface area contributed by atoms with Crippen molar-refractivity contribution in [3.05, 3.63) is 50.9 Å². The molecular weight excluding hydrogens is 418 g/mol. The van der Waals surface area contributed by atoms with Gasteiger partial charge in [-0.15, -0.1) is 0 Å². The zero-order valence-electron chi connectivity index (χ0n) is 10.5. The van der Waals surface area contributed by atoms with Crippen LogP contribution in [0, 0.1) is 0 Å². The van der Waals surface area contributed by atoms with Crippen molar-refractivity contribution in [1.82, 2.24) is 4.98 Å². The van der Waals surface area contributed by atoms with Gasteiger partial charge in [0.1, 0.15) is 5.75 Å². The number of benzene rings is 2. The number of hydrogen-bond acceptors (Lipinski definition) is 5. The first kappa shape index (κ1) is 14.5. The fourth-order valence-corrected chi connectivity index (χ4v) is 3.84. The number of fused-ring (bicyclic) bond motifs is 1. The van der Waals surface area contributed by atoms with Crippen molar-refractivity contribution in [2.24, 2.45) is 5.10 Å². The highest BCUT2D eigenvalue weighted by Gasteiger charge is 2.05. The number of anilines is 1. The molecule has 7 heteroatoms. The van der Waals surface area contributed by atoms with Crippen LogP contribution in [0.1, 0.15) is 5.56 Å². The molecule has 2 aromatic carbocycles. The van der Waals surface area contributed by atoms with E-state index in [9.17, 15) is 5.11 Å². The monoisotopic (exact) mass is 425 g/mol. The minimum absolute atomic E-state index is 0.146. The maximum Gasteiger partial charge on any atom is 0.204 e. The van der Waals surface area contributed by atoms with Crippen LogP contribution in [0.3, 0.4) is 0 Å². The van der Waals surface area contributed by atoms with Gasteiger partial charge in [0.15, 0.2) is 0 Å². The van der Waals surface area contributed by atoms with Gasteiger partial charge in [0.25, 0.3) is 0 Å². The van der Waals surface area contributed by atoms with Crippen LogP contribution in [0.15, 0.2) is 50.4 Å². The third-order valence-corrected chi connectivity index (χ3v) is 4.72. The van der Waals surface area contributed by atoms with Crippen molar-refractivity contribution in [2.75, 3.05) is 5.43 Å². The summed E-state index contributed by atoms with van der Waals surface area (Å²) in [7, 11) is 0. The lowest BCUT2D eigenvalue weighted by Gasteiger charge is -2.02. The van der Waals surface area contributed by atoms with Gasteiger partial charge in [0.2, 0.25) is 5.13 Å². The number of hydrazone groups is 1. The van der Waals surface area contributed by atoms with Gasteiger partial charge < -0.3 is 5.11 Å². The second kappa shape index (κ2) is 6.13. The van der Waals surface area contributed by atoms with E-state index in [-0.39, 0.29) is 5.75 Å². The predicted molar refractivity (Wildman–Crippen MR) is 94.3 cm³/mol. The lowest BCUT2D eigenvalue weighted by Crippen LogP contribution is -1.91. The summed E-state index contributed by atoms with van der Waals surface area (Å²) in [6.07, 6.45) is 1.55. The van der Waals surface area contributed by atoms with Crippen LogP contribution >= 0.6 is 43.2 Å². The molecule has 0 spiro atoms. The van der Waals surface area contributed by atoms with Crippen LogP contribution in [0.25, 0.3) is 10.2 Å². The van der Waals surface area contributed by atoms with E-state index >= 15 is 0 Å². The summed E-state index contributed by atoms with van der Waals surface area (Å²) >= 11 is 8.18. The maximum atomic E-state index is 9.93. The standard InChI is InChI=1S/C14H9Br2N3OS/c15-9-5-8(13(20)10(16)6-9)7-17-19-14-18-11-3-1-2-4-12(11)21-14/h1-7,20H,(H,18,19)/b17-7+. The average Bonchev–Trinajstić information content (AvgIpc) is 2.86. The number of thiazole rings is 1. The van der Waals surface area contributed by atoms with Crippen molar-refractivity contribution < 1.29 is 5.11 Å². The van der Waals surface area contributed by atoms with E-state index in [0.717, 1.165) is 14.7 Å². The molecule has 0 unspecified atom stereocenters. The fraction of sp³-hybridized carbons (Fsp3) is 0. The van der Waals surface area contributed by atoms with Crippen molar-refractivity contribution in [3.63, 3.8) is 0 Å². The SMILES string of the molecule is Oc1c(Br)cc(Br)cc1/C=N/Nc1nc2ccccc2s1. The Morgan fingerprint density at radius 1 is 1.24 bits per heavy atom. The lowest BCUT2D eigenvalue weighted by molar-refractivity contribution is 0.471. The molecule has 0 saturated carbocycles. The van der Waals surface area contributed by atoms with Crippen molar-refractivity contribution in [3.8, 4) is 5.75 Å². The molecule has 21 heavy (non-hydrogen) atoms. The molecule has 106 valence electrons. The molecule has 0 aliphatic rings. The molecule has 0 aliphatic heterocycles. The molecule has 1 aromatic heterocycles. The number of rotatable bonds is 3. The predicted octanol–water partition coefficient (Wildman–Crippen LogP) is 4.97. The van der Waals surface area contributed by atoms with Crippen molar-refractivity contribution >= 4 is 64.8 Å². The molecule has 0 fully saturated rings. The van der Waals surface area contributed by atoms with Gasteiger partial charge in [-0.1, -0.05) is 39.4 Å². The minimum atomic E-state index is 0.146. The van der Waals surface area contributed by atoms with Gasteiger partial charge in [-0.3, -0.25) is 5.43 Å². The fourth-order valence-electron chi connectivity index (χ4n) is 1.76. The molecule has 4 nitrogen and oxygen atoms in total. The molecule has 2 N–H and O–H groups in total. The molecule has 0 atom stereocenters. The molecule has 0 saturated heterocycles. The minimum Gasteiger partial charge on any atom is -0.506 e. The van der Waals surface area contributed by atoms with Crippen LogP contribution in [0.5, 0.6) is 5.75 Å². The highest BCUT2D eigenvalue weighted by atomic mass is 79.9. The van der Waals surface area contributed by atoms with Crippen molar-refractivity contribution in [2.45, 2.75) is 0 Å². The number of phenolic OH excluding ortho intramolecular Hbond substituents is 1. The summed E-state index contributed by atoms with van der Waals surface area (Å²) in [5, 5.41) is 14.8. The van der Waals surface area contributed by atoms with E-state index in [4.69, 9.17) is 0 Å². The number of para-hydroxylation sites is 1. The van der Waals surface area contributed by atoms with E-state index in [1.807, 2.05) is 24.3 Å². The van der Waals surface area contributed by atoms with Gasteiger partial charge in [0, 0.05) is 10.0 Å². The number of hydrogen-bond donors (Lipinski definition) is 2. The Hall–Kier alpha value is -1.44. The number of halogens is 2. The Bertz CT molecular complexity index is 799. The first-order chi connectivity index (χ1) is 10.1. The van der Waals surface area contributed by atoms with Gasteiger partial charge in [-0.25, -0.2) is 4.98 Å². The van der Waals surface area contributed by atoms with Gasteiger partial charge in [-0.2, -0.15) is 5.10 Å². The second-order valence-electron chi connectivity index (χ2n) is 4.18. The Kier molecular flexibility index (Phi) is 4.23. The molecule has 0 bridgehead atoms. The first-order valence-corrected chi connectivity index (χ1v) is 8.36. The van der Waals surface area contributed by atoms with Crippen LogP contribution < -0.4 is 5.43 Å². The Labute approximate surface area is 141 Å². The summed E-state index contributed by atoms with van der Waals surface area (Å²) in [4.78, 5) is 4.41. The Balaban J connectivity index is 1.81. The van der Waals surface area contributed by atoms with Crippen LogP contribution in [0.2, 0.25) is 0 Å². The Morgan fingerprint density at radius 2 is 2.05 bits per heavy atom. The van der Waals surface area contributed by atoms with E-state index in [2.05, 4.69) is 47.4 Å². The molecule has 0 aliphatic carbocycles. The molecule has 0 radical (unpaired) electrons. The highest BCUT2D eigenvalue weighted by molar-refractivity contribution is 9.11. The van der Waals surface area contributed by atoms with Gasteiger partial charge >= 0.3 is 0 Å². The zero-order chi connectivity index (χ0) is 14.8. The van der Waals surface area contributed by atoms with E-state index in [1.165, 1.54) is 11.3 Å². The summed E-state index contributed by atoms with van der Waals surface area (Å²) in [6, 6.07) is 11.4. The van der Waals surface area contributed by atoms with Crippen LogP contribution in [-0.4, -0.2) is 16.3 Å². The Morgan fingerprint density at radius 3 is 2.86 bits per heavy atom. The van der Waals surface area contributed by atoms with Crippen molar-refractivity contribution in [1.29, 1.82) is 0 Å². The second-order valence-corrected chi connectivity index (χ2v) is 6.98. The first-order valence-electron chi connectivity index (χ1n) is 5.96. The maximum absolute atomic E-state index is 9.93. The molecule has 3 aromatic rings. The smallest absolute Gasteiger partial charge is 0.204 e. The third kappa shape index (κ3) is 3.25. The van der Waals surface area contributed by atoms with Gasteiger partial charge in [0.05, 0.1) is 20.9 Å². The molecule has 1 heterocycles. The van der Waals surface area contributed by atoms with Crippen LogP contribution in [-0.2, 0) is 0 Å². The van der Waals surface area contributed by atoms with E-state index in [0.29, 0.717) is 15.2 Å². The molecule has 3 rings (SSSR count). The van der Waals surface area contributed by atoms with E-state index in [1.54, 1.807) is 18.3 Å². The number of nitrogens with one attached hydrogen (secondary N) is 1. The summed E-state index contributed by atoms with van der Waals surface area (Å²) in [5.74, 6) is 0.146. The third-order valence-electron chi connectivity index (χ3n) is 2.72. The molecule has 0 amide bonds. The van der Waals surface area contributed by atoms with Crippen LogP contribution in [0.4, 0.5) is 5.13 Å². The largest absolute Gasteiger partial charge is 0.506 e. The summed E-state index contributed by atoms with van der Waals surface area (Å²) in [5.41, 5.74) is 4.42. The normalized spacial score (nSPS) is 11.3. The zero-order valence-corrected chi connectivity index (χ0v) is 14.5. The lowest BCUT2D eigenvalue weighted by atomic mass is 10.2. The number of phenols is 1. The van der Waals surface area contributed by atoms with Gasteiger partial charge in [-0.05, 0) is 40.2 Å². The quantitative estimate of drug-likeness (QED) is 0.459. The summed E-state index contributed by atoms with van der Waals surface area (Å²) < 4.78 is 2.56. The topological polar surface area (TPSA) is 57.5 Å². The molecular formula is C14H9Br2N3OS. The summed E-state index contributed by atoms with van der Waals surface area (Å²) in [6.45, 7) is 0.